The lowest BCUT2D eigenvalue weighted by atomic mass is 9.72. The van der Waals surface area contributed by atoms with Crippen LogP contribution < -0.4 is 5.32 Å². The average molecular weight is 224 g/mol. The van der Waals surface area contributed by atoms with Gasteiger partial charge in [0.2, 0.25) is 5.91 Å². The molecule has 16 heavy (non-hydrogen) atoms. The van der Waals surface area contributed by atoms with E-state index in [0.717, 1.165) is 18.4 Å². The van der Waals surface area contributed by atoms with Crippen molar-refractivity contribution in [1.29, 1.82) is 0 Å². The first-order valence-electron chi connectivity index (χ1n) is 6.68. The maximum Gasteiger partial charge on any atom is 0.236 e. The maximum absolute atomic E-state index is 12.0. The number of carbonyl (C=O) groups is 1. The summed E-state index contributed by atoms with van der Waals surface area (Å²) in [4.78, 5) is 14.2. The molecule has 1 N–H and O–H groups in total. The van der Waals surface area contributed by atoms with Crippen LogP contribution in [0.2, 0.25) is 0 Å². The number of rotatable bonds is 2. The zero-order valence-electron chi connectivity index (χ0n) is 10.5. The molecule has 0 aromatic rings. The Morgan fingerprint density at radius 1 is 1.31 bits per heavy atom. The number of hydrogen-bond donors (Lipinski definition) is 1. The SMILES string of the molecule is CNCC(=O)N1CCC(C)C2CCCCC21. The van der Waals surface area contributed by atoms with Crippen molar-refractivity contribution in [3.8, 4) is 0 Å². The smallest absolute Gasteiger partial charge is 0.236 e. The molecule has 0 bridgehead atoms. The Morgan fingerprint density at radius 2 is 2.06 bits per heavy atom. The highest BCUT2D eigenvalue weighted by molar-refractivity contribution is 5.78. The predicted molar refractivity (Wildman–Crippen MR) is 65.2 cm³/mol. The van der Waals surface area contributed by atoms with Gasteiger partial charge in [-0.05, 0) is 38.1 Å². The van der Waals surface area contributed by atoms with Crippen molar-refractivity contribution in [1.82, 2.24) is 10.2 Å². The van der Waals surface area contributed by atoms with Crippen LogP contribution in [-0.4, -0.2) is 37.0 Å². The molecule has 92 valence electrons. The second-order valence-corrected chi connectivity index (χ2v) is 5.40. The quantitative estimate of drug-likeness (QED) is 0.773. The van der Waals surface area contributed by atoms with Crippen LogP contribution in [0, 0.1) is 11.8 Å². The molecule has 1 aliphatic heterocycles. The van der Waals surface area contributed by atoms with E-state index in [1.165, 1.54) is 32.1 Å². The van der Waals surface area contributed by atoms with Crippen molar-refractivity contribution in [3.63, 3.8) is 0 Å². The molecule has 1 saturated carbocycles. The number of likely N-dealkylation sites (tertiary alicyclic amines) is 1. The van der Waals surface area contributed by atoms with E-state index in [4.69, 9.17) is 0 Å². The minimum atomic E-state index is 0.298. The van der Waals surface area contributed by atoms with E-state index in [2.05, 4.69) is 17.1 Å². The topological polar surface area (TPSA) is 32.3 Å². The van der Waals surface area contributed by atoms with Gasteiger partial charge >= 0.3 is 0 Å². The van der Waals surface area contributed by atoms with Crippen molar-refractivity contribution >= 4 is 5.91 Å². The van der Waals surface area contributed by atoms with E-state index in [-0.39, 0.29) is 0 Å². The summed E-state index contributed by atoms with van der Waals surface area (Å²) in [6, 6.07) is 0.540. The summed E-state index contributed by atoms with van der Waals surface area (Å²) in [6.45, 7) is 3.84. The van der Waals surface area contributed by atoms with Crippen LogP contribution in [-0.2, 0) is 4.79 Å². The number of likely N-dealkylation sites (N-methyl/N-ethyl adjacent to an activating group) is 1. The summed E-state index contributed by atoms with van der Waals surface area (Å²) in [7, 11) is 1.85. The largest absolute Gasteiger partial charge is 0.338 e. The lowest BCUT2D eigenvalue weighted by Gasteiger charge is -2.47. The molecule has 3 nitrogen and oxygen atoms in total. The minimum absolute atomic E-state index is 0.298. The third-order valence-corrected chi connectivity index (χ3v) is 4.39. The van der Waals surface area contributed by atoms with E-state index in [0.29, 0.717) is 18.5 Å². The fourth-order valence-electron chi connectivity index (χ4n) is 3.48. The summed E-state index contributed by atoms with van der Waals surface area (Å²) in [5.74, 6) is 1.87. The van der Waals surface area contributed by atoms with Gasteiger partial charge in [-0.25, -0.2) is 0 Å². The first-order valence-corrected chi connectivity index (χ1v) is 6.68. The van der Waals surface area contributed by atoms with E-state index in [9.17, 15) is 4.79 Å². The number of nitrogens with one attached hydrogen (secondary N) is 1. The van der Waals surface area contributed by atoms with E-state index < -0.39 is 0 Å². The second kappa shape index (κ2) is 5.17. The highest BCUT2D eigenvalue weighted by atomic mass is 16.2. The van der Waals surface area contributed by atoms with Gasteiger partial charge in [0.1, 0.15) is 0 Å². The molecule has 0 spiro atoms. The number of hydrogen-bond acceptors (Lipinski definition) is 2. The second-order valence-electron chi connectivity index (χ2n) is 5.40. The van der Waals surface area contributed by atoms with Crippen LogP contribution in [0.3, 0.4) is 0 Å². The highest BCUT2D eigenvalue weighted by Crippen LogP contribution is 2.38. The van der Waals surface area contributed by atoms with Crippen molar-refractivity contribution in [2.45, 2.75) is 45.1 Å². The van der Waals surface area contributed by atoms with Gasteiger partial charge in [-0.15, -0.1) is 0 Å². The Labute approximate surface area is 98.6 Å². The van der Waals surface area contributed by atoms with E-state index in [1.807, 2.05) is 7.05 Å². The average Bonchev–Trinajstić information content (AvgIpc) is 2.30. The summed E-state index contributed by atoms with van der Waals surface area (Å²) in [5, 5.41) is 2.98. The molecule has 3 unspecified atom stereocenters. The van der Waals surface area contributed by atoms with Gasteiger partial charge in [0.05, 0.1) is 6.54 Å². The molecule has 1 heterocycles. The predicted octanol–water partition coefficient (Wildman–Crippen LogP) is 1.63. The summed E-state index contributed by atoms with van der Waals surface area (Å²) < 4.78 is 0. The number of piperidine rings is 1. The van der Waals surface area contributed by atoms with Crippen LogP contribution >= 0.6 is 0 Å². The Hall–Kier alpha value is -0.570. The van der Waals surface area contributed by atoms with Crippen LogP contribution in [0.15, 0.2) is 0 Å². The fraction of sp³-hybridized carbons (Fsp3) is 0.923. The van der Waals surface area contributed by atoms with Crippen LogP contribution in [0.1, 0.15) is 39.0 Å². The van der Waals surface area contributed by atoms with Gasteiger partial charge in [-0.2, -0.15) is 0 Å². The molecular weight excluding hydrogens is 200 g/mol. The van der Waals surface area contributed by atoms with E-state index in [1.54, 1.807) is 0 Å². The van der Waals surface area contributed by atoms with Crippen LogP contribution in [0.25, 0.3) is 0 Å². The molecule has 3 heteroatoms. The van der Waals surface area contributed by atoms with E-state index >= 15 is 0 Å². The first-order chi connectivity index (χ1) is 7.74. The summed E-state index contributed by atoms with van der Waals surface area (Å²) in [6.07, 6.45) is 6.41. The van der Waals surface area contributed by atoms with Crippen molar-refractivity contribution in [3.05, 3.63) is 0 Å². The molecule has 2 aliphatic rings. The number of nitrogens with zero attached hydrogens (tertiary/aromatic N) is 1. The normalized spacial score (nSPS) is 34.6. The van der Waals surface area contributed by atoms with Crippen molar-refractivity contribution in [2.24, 2.45) is 11.8 Å². The van der Waals surface area contributed by atoms with Crippen LogP contribution in [0.5, 0.6) is 0 Å². The summed E-state index contributed by atoms with van der Waals surface area (Å²) in [5.41, 5.74) is 0. The number of fused-ring (bicyclic) bond motifs is 1. The zero-order chi connectivity index (χ0) is 11.5. The van der Waals surface area contributed by atoms with Gasteiger partial charge in [0.25, 0.3) is 0 Å². The number of carbonyl (C=O) groups excluding carboxylic acids is 1. The van der Waals surface area contributed by atoms with Crippen molar-refractivity contribution < 1.29 is 4.79 Å². The summed E-state index contributed by atoms with van der Waals surface area (Å²) >= 11 is 0. The molecule has 0 aromatic heterocycles. The molecule has 0 radical (unpaired) electrons. The zero-order valence-corrected chi connectivity index (χ0v) is 10.5. The third kappa shape index (κ3) is 2.24. The van der Waals surface area contributed by atoms with Gasteiger partial charge in [-0.1, -0.05) is 19.8 Å². The Balaban J connectivity index is 2.05. The molecule has 2 fully saturated rings. The third-order valence-electron chi connectivity index (χ3n) is 4.39. The van der Waals surface area contributed by atoms with Crippen molar-refractivity contribution in [2.75, 3.05) is 20.1 Å². The first kappa shape index (κ1) is 11.9. The molecular formula is C13H24N2O. The molecule has 1 saturated heterocycles. The maximum atomic E-state index is 12.0. The monoisotopic (exact) mass is 224 g/mol. The Kier molecular flexibility index (Phi) is 3.85. The Bertz CT molecular complexity index is 254. The van der Waals surface area contributed by atoms with Gasteiger partial charge in [0.15, 0.2) is 0 Å². The molecule has 0 aromatic carbocycles. The minimum Gasteiger partial charge on any atom is -0.338 e. The van der Waals surface area contributed by atoms with Gasteiger partial charge < -0.3 is 10.2 Å². The standard InChI is InChI=1S/C13H24N2O/c1-10-7-8-15(13(16)9-14-2)12-6-4-3-5-11(10)12/h10-12,14H,3-9H2,1-2H3. The fourth-order valence-corrected chi connectivity index (χ4v) is 3.48. The molecule has 1 amide bonds. The molecule has 1 aliphatic carbocycles. The lowest BCUT2D eigenvalue weighted by molar-refractivity contribution is -0.137. The molecule has 2 rings (SSSR count). The Morgan fingerprint density at radius 3 is 2.81 bits per heavy atom. The molecule has 3 atom stereocenters. The van der Waals surface area contributed by atoms with Gasteiger partial charge in [-0.3, -0.25) is 4.79 Å². The highest BCUT2D eigenvalue weighted by Gasteiger charge is 2.38. The number of amides is 1. The van der Waals surface area contributed by atoms with Gasteiger partial charge in [0, 0.05) is 12.6 Å². The lowest BCUT2D eigenvalue weighted by Crippen LogP contribution is -2.54. The van der Waals surface area contributed by atoms with Crippen LogP contribution in [0.4, 0.5) is 0 Å².